The molecule has 2 aromatic rings. The van der Waals surface area contributed by atoms with Crippen LogP contribution in [0.2, 0.25) is 10.0 Å². The Balaban J connectivity index is 2.64. The fourth-order valence-electron chi connectivity index (χ4n) is 1.68. The van der Waals surface area contributed by atoms with Gasteiger partial charge in [-0.3, -0.25) is 4.98 Å². The van der Waals surface area contributed by atoms with E-state index in [-0.39, 0.29) is 6.42 Å². The van der Waals surface area contributed by atoms with Crippen molar-refractivity contribution in [2.75, 3.05) is 5.73 Å². The van der Waals surface area contributed by atoms with Crippen LogP contribution in [0, 0.1) is 11.3 Å². The van der Waals surface area contributed by atoms with E-state index >= 15 is 0 Å². The Kier molecular flexibility index (Phi) is 3.71. The van der Waals surface area contributed by atoms with Crippen LogP contribution in [0.15, 0.2) is 30.5 Å². The molecule has 0 atom stereocenters. The molecule has 1 aromatic heterocycles. The van der Waals surface area contributed by atoms with Crippen molar-refractivity contribution < 1.29 is 0 Å². The highest BCUT2D eigenvalue weighted by molar-refractivity contribution is 6.43. The van der Waals surface area contributed by atoms with Crippen molar-refractivity contribution in [3.63, 3.8) is 0 Å². The Labute approximate surface area is 115 Å². The Hall–Kier alpha value is -1.76. The van der Waals surface area contributed by atoms with Gasteiger partial charge in [-0.05, 0) is 17.7 Å². The third-order valence-electron chi connectivity index (χ3n) is 2.46. The number of nitrogens with two attached hydrogens (primary N) is 1. The quantitative estimate of drug-likeness (QED) is 0.910. The zero-order valence-corrected chi connectivity index (χ0v) is 10.8. The maximum atomic E-state index is 8.83. The molecular formula is C13H9Cl2N3. The third-order valence-corrected chi connectivity index (χ3v) is 3.28. The standard InChI is InChI=1S/C13H9Cl2N3/c14-11-3-1-2-10(12(11)15)13-8(4-5-16)6-9(17)7-18-13/h1-3,6-7H,4,17H2. The van der Waals surface area contributed by atoms with E-state index in [0.29, 0.717) is 27.0 Å². The van der Waals surface area contributed by atoms with Crippen LogP contribution in [0.4, 0.5) is 5.69 Å². The minimum atomic E-state index is 0.218. The second-order valence-corrected chi connectivity index (χ2v) is 4.50. The summed E-state index contributed by atoms with van der Waals surface area (Å²) in [4.78, 5) is 4.25. The summed E-state index contributed by atoms with van der Waals surface area (Å²) in [5.74, 6) is 0. The fourth-order valence-corrected chi connectivity index (χ4v) is 2.07. The fraction of sp³-hybridized carbons (Fsp3) is 0.0769. The van der Waals surface area contributed by atoms with Gasteiger partial charge in [0.1, 0.15) is 0 Å². The van der Waals surface area contributed by atoms with Gasteiger partial charge in [0.2, 0.25) is 0 Å². The molecule has 18 heavy (non-hydrogen) atoms. The third kappa shape index (κ3) is 2.40. The van der Waals surface area contributed by atoms with Gasteiger partial charge in [0.25, 0.3) is 0 Å². The van der Waals surface area contributed by atoms with Crippen molar-refractivity contribution in [3.8, 4) is 17.3 Å². The van der Waals surface area contributed by atoms with Gasteiger partial charge in [-0.15, -0.1) is 0 Å². The number of hydrogen-bond donors (Lipinski definition) is 1. The average molecular weight is 278 g/mol. The Bertz CT molecular complexity index is 633. The van der Waals surface area contributed by atoms with Crippen LogP contribution < -0.4 is 5.73 Å². The lowest BCUT2D eigenvalue weighted by Crippen LogP contribution is -1.96. The average Bonchev–Trinajstić information content (AvgIpc) is 2.34. The molecule has 0 aliphatic carbocycles. The summed E-state index contributed by atoms with van der Waals surface area (Å²) in [5, 5.41) is 9.71. The Morgan fingerprint density at radius 2 is 2.11 bits per heavy atom. The highest BCUT2D eigenvalue weighted by Crippen LogP contribution is 2.34. The van der Waals surface area contributed by atoms with Crippen molar-refractivity contribution >= 4 is 28.9 Å². The normalized spacial score (nSPS) is 10.1. The second-order valence-electron chi connectivity index (χ2n) is 3.71. The summed E-state index contributed by atoms with van der Waals surface area (Å²) in [5.41, 5.74) is 8.27. The first-order valence-corrected chi connectivity index (χ1v) is 5.95. The highest BCUT2D eigenvalue weighted by Gasteiger charge is 2.12. The zero-order chi connectivity index (χ0) is 13.1. The molecule has 0 bridgehead atoms. The maximum absolute atomic E-state index is 8.83. The van der Waals surface area contributed by atoms with Gasteiger partial charge in [-0.2, -0.15) is 5.26 Å². The number of nitriles is 1. The maximum Gasteiger partial charge on any atom is 0.0761 e. The van der Waals surface area contributed by atoms with Gasteiger partial charge in [-0.1, -0.05) is 35.3 Å². The number of halogens is 2. The first-order valence-electron chi connectivity index (χ1n) is 5.19. The Morgan fingerprint density at radius 3 is 2.83 bits per heavy atom. The van der Waals surface area contributed by atoms with Crippen LogP contribution in [0.5, 0.6) is 0 Å². The van der Waals surface area contributed by atoms with Gasteiger partial charge in [-0.25, -0.2) is 0 Å². The van der Waals surface area contributed by atoms with Crippen molar-refractivity contribution in [2.24, 2.45) is 0 Å². The number of pyridine rings is 1. The summed E-state index contributed by atoms with van der Waals surface area (Å²) in [6, 6.07) is 9.11. The van der Waals surface area contributed by atoms with Crippen LogP contribution >= 0.6 is 23.2 Å². The summed E-state index contributed by atoms with van der Waals surface area (Å²) in [6.45, 7) is 0. The number of hydrogen-bond acceptors (Lipinski definition) is 3. The van der Waals surface area contributed by atoms with E-state index in [2.05, 4.69) is 11.1 Å². The molecule has 0 radical (unpaired) electrons. The van der Waals surface area contributed by atoms with Crippen LogP contribution in [0.25, 0.3) is 11.3 Å². The van der Waals surface area contributed by atoms with E-state index in [1.807, 2.05) is 6.07 Å². The van der Waals surface area contributed by atoms with Gasteiger partial charge < -0.3 is 5.73 Å². The highest BCUT2D eigenvalue weighted by atomic mass is 35.5. The van der Waals surface area contributed by atoms with E-state index in [1.54, 1.807) is 18.2 Å². The summed E-state index contributed by atoms with van der Waals surface area (Å²) < 4.78 is 0. The van der Waals surface area contributed by atoms with Crippen LogP contribution in [0.1, 0.15) is 5.56 Å². The molecule has 3 nitrogen and oxygen atoms in total. The predicted molar refractivity (Wildman–Crippen MR) is 73.4 cm³/mol. The molecule has 0 aliphatic rings. The molecule has 2 N–H and O–H groups in total. The molecule has 1 aromatic carbocycles. The van der Waals surface area contributed by atoms with Crippen molar-refractivity contribution in [1.82, 2.24) is 4.98 Å². The van der Waals surface area contributed by atoms with E-state index in [9.17, 15) is 0 Å². The number of aromatic nitrogens is 1. The smallest absolute Gasteiger partial charge is 0.0761 e. The van der Waals surface area contributed by atoms with E-state index in [1.165, 1.54) is 6.20 Å². The topological polar surface area (TPSA) is 62.7 Å². The number of nitrogens with zero attached hydrogens (tertiary/aromatic N) is 2. The van der Waals surface area contributed by atoms with E-state index in [0.717, 1.165) is 5.56 Å². The first-order chi connectivity index (χ1) is 8.63. The Morgan fingerprint density at radius 1 is 1.33 bits per heavy atom. The summed E-state index contributed by atoms with van der Waals surface area (Å²) >= 11 is 12.1. The van der Waals surface area contributed by atoms with Crippen LogP contribution in [-0.4, -0.2) is 4.98 Å². The predicted octanol–water partition coefficient (Wildman–Crippen LogP) is 3.70. The van der Waals surface area contributed by atoms with Crippen LogP contribution in [0.3, 0.4) is 0 Å². The second kappa shape index (κ2) is 5.26. The van der Waals surface area contributed by atoms with Gasteiger partial charge in [0.15, 0.2) is 0 Å². The molecular weight excluding hydrogens is 269 g/mol. The molecule has 5 heteroatoms. The van der Waals surface area contributed by atoms with Crippen molar-refractivity contribution in [2.45, 2.75) is 6.42 Å². The molecule has 0 spiro atoms. The summed E-state index contributed by atoms with van der Waals surface area (Å²) in [6.07, 6.45) is 1.75. The molecule has 0 fully saturated rings. The molecule has 90 valence electrons. The molecule has 0 amide bonds. The van der Waals surface area contributed by atoms with Crippen molar-refractivity contribution in [1.29, 1.82) is 5.26 Å². The van der Waals surface area contributed by atoms with Gasteiger partial charge >= 0.3 is 0 Å². The molecule has 0 saturated heterocycles. The lowest BCUT2D eigenvalue weighted by Gasteiger charge is -2.09. The zero-order valence-electron chi connectivity index (χ0n) is 9.32. The number of rotatable bonds is 2. The molecule has 1 heterocycles. The van der Waals surface area contributed by atoms with Crippen molar-refractivity contribution in [3.05, 3.63) is 46.1 Å². The van der Waals surface area contributed by atoms with Crippen LogP contribution in [-0.2, 0) is 6.42 Å². The van der Waals surface area contributed by atoms with Gasteiger partial charge in [0.05, 0.1) is 40.1 Å². The number of anilines is 1. The monoisotopic (exact) mass is 277 g/mol. The van der Waals surface area contributed by atoms with Gasteiger partial charge in [0, 0.05) is 5.56 Å². The lowest BCUT2D eigenvalue weighted by atomic mass is 10.0. The lowest BCUT2D eigenvalue weighted by molar-refractivity contribution is 1.20. The first kappa shape index (κ1) is 12.7. The van der Waals surface area contributed by atoms with E-state index < -0.39 is 0 Å². The minimum absolute atomic E-state index is 0.218. The molecule has 2 rings (SSSR count). The number of nitrogen functional groups attached to an aromatic ring is 1. The summed E-state index contributed by atoms with van der Waals surface area (Å²) in [7, 11) is 0. The van der Waals surface area contributed by atoms with E-state index in [4.69, 9.17) is 34.2 Å². The number of benzene rings is 1. The largest absolute Gasteiger partial charge is 0.397 e. The minimum Gasteiger partial charge on any atom is -0.397 e. The molecule has 0 saturated carbocycles. The molecule has 0 aliphatic heterocycles. The molecule has 0 unspecified atom stereocenters. The SMILES string of the molecule is N#CCc1cc(N)cnc1-c1cccc(Cl)c1Cl.